The molecule has 0 saturated heterocycles. The highest BCUT2D eigenvalue weighted by Gasteiger charge is 2.42. The Morgan fingerprint density at radius 1 is 1.22 bits per heavy atom. The van der Waals surface area contributed by atoms with Gasteiger partial charge in [-0.05, 0) is 49.6 Å². The highest BCUT2D eigenvalue weighted by Crippen LogP contribution is 2.41. The van der Waals surface area contributed by atoms with Crippen molar-refractivity contribution < 1.29 is 13.2 Å². The second-order valence-electron chi connectivity index (χ2n) is 6.94. The number of amidine groups is 1. The molecule has 0 radical (unpaired) electrons. The Labute approximate surface area is 154 Å². The summed E-state index contributed by atoms with van der Waals surface area (Å²) in [6.07, 6.45) is -0.260. The van der Waals surface area contributed by atoms with Gasteiger partial charge in [0.25, 0.3) is 0 Å². The largest absolute Gasteiger partial charge is 0.418 e. The van der Waals surface area contributed by atoms with Crippen molar-refractivity contribution in [1.29, 1.82) is 0 Å². The van der Waals surface area contributed by atoms with Gasteiger partial charge in [-0.25, -0.2) is 10.4 Å². The van der Waals surface area contributed by atoms with E-state index in [0.29, 0.717) is 17.0 Å². The van der Waals surface area contributed by atoms with Gasteiger partial charge in [-0.15, -0.1) is 0 Å². The fourth-order valence-electron chi connectivity index (χ4n) is 3.64. The van der Waals surface area contributed by atoms with Crippen molar-refractivity contribution in [2.45, 2.75) is 46.0 Å². The molecule has 0 amide bonds. The standard InChI is InChI=1S/C19H20F3N5/c1-4-5-15-24-18-11(3)7-14(19(20,21)22)17(27(18)26-15)12-6-10(2)16-13(8-12)9-23-25-16/h6-9,15,26H,4-5H2,1-3H3,(H,23,25). The van der Waals surface area contributed by atoms with Gasteiger partial charge < -0.3 is 0 Å². The number of aromatic nitrogens is 2. The highest BCUT2D eigenvalue weighted by atomic mass is 19.4. The number of hydrogen-bond donors (Lipinski definition) is 2. The zero-order valence-corrected chi connectivity index (χ0v) is 15.3. The molecule has 0 bridgehead atoms. The summed E-state index contributed by atoms with van der Waals surface area (Å²) in [5.74, 6) is 0.543. The molecule has 1 atom stereocenters. The third kappa shape index (κ3) is 2.93. The van der Waals surface area contributed by atoms with Crippen LogP contribution in [0.25, 0.3) is 16.6 Å². The number of nitrogens with zero attached hydrogens (tertiary/aromatic N) is 3. The van der Waals surface area contributed by atoms with Crippen LogP contribution in [0.5, 0.6) is 0 Å². The number of alkyl halides is 3. The summed E-state index contributed by atoms with van der Waals surface area (Å²) < 4.78 is 41.7. The fourth-order valence-corrected chi connectivity index (χ4v) is 3.64. The van der Waals surface area contributed by atoms with Gasteiger partial charge >= 0.3 is 6.18 Å². The fraction of sp³-hybridized carbons (Fsp3) is 0.368. The molecule has 4 rings (SSSR count). The number of aryl methyl sites for hydroxylation is 1. The quantitative estimate of drug-likeness (QED) is 0.833. The number of halogens is 3. The number of allylic oxidation sites excluding steroid dienone is 2. The van der Waals surface area contributed by atoms with Gasteiger partial charge in [-0.2, -0.15) is 18.3 Å². The first-order valence-electron chi connectivity index (χ1n) is 8.88. The van der Waals surface area contributed by atoms with Crippen molar-refractivity contribution in [1.82, 2.24) is 20.6 Å². The average molecular weight is 375 g/mol. The molecule has 142 valence electrons. The zero-order chi connectivity index (χ0) is 19.3. The third-order valence-corrected chi connectivity index (χ3v) is 4.85. The molecule has 2 N–H and O–H groups in total. The third-order valence-electron chi connectivity index (χ3n) is 4.85. The molecule has 1 aromatic carbocycles. The molecule has 1 unspecified atom stereocenters. The Morgan fingerprint density at radius 2 is 2.00 bits per heavy atom. The normalized spacial score (nSPS) is 20.2. The summed E-state index contributed by atoms with van der Waals surface area (Å²) in [5, 5.41) is 9.16. The van der Waals surface area contributed by atoms with E-state index in [9.17, 15) is 13.2 Å². The van der Waals surface area contributed by atoms with Gasteiger partial charge in [-0.1, -0.05) is 13.3 Å². The second kappa shape index (κ2) is 6.23. The summed E-state index contributed by atoms with van der Waals surface area (Å²) in [6, 6.07) is 3.48. The van der Waals surface area contributed by atoms with Crippen molar-refractivity contribution in [2.75, 3.05) is 0 Å². The number of nitrogens with one attached hydrogen (secondary N) is 2. The van der Waals surface area contributed by atoms with Crippen molar-refractivity contribution in [2.24, 2.45) is 4.99 Å². The smallest absolute Gasteiger partial charge is 0.278 e. The van der Waals surface area contributed by atoms with E-state index in [2.05, 4.69) is 20.6 Å². The minimum absolute atomic E-state index is 0.0802. The van der Waals surface area contributed by atoms with Gasteiger partial charge in [-0.3, -0.25) is 10.1 Å². The predicted octanol–water partition coefficient (Wildman–Crippen LogP) is 4.45. The Morgan fingerprint density at radius 3 is 2.70 bits per heavy atom. The van der Waals surface area contributed by atoms with Crippen LogP contribution in [0.3, 0.4) is 0 Å². The van der Waals surface area contributed by atoms with E-state index >= 15 is 0 Å². The molecular formula is C19H20F3N5. The van der Waals surface area contributed by atoms with Crippen LogP contribution in [0.15, 0.2) is 40.5 Å². The lowest BCUT2D eigenvalue weighted by Gasteiger charge is -2.31. The maximum atomic E-state index is 13.9. The van der Waals surface area contributed by atoms with Gasteiger partial charge in [0, 0.05) is 10.9 Å². The summed E-state index contributed by atoms with van der Waals surface area (Å²) in [6.45, 7) is 5.54. The first kappa shape index (κ1) is 17.8. The first-order chi connectivity index (χ1) is 12.8. The van der Waals surface area contributed by atoms with Gasteiger partial charge in [0.15, 0.2) is 0 Å². The number of H-pyrrole nitrogens is 1. The molecule has 2 aliphatic rings. The van der Waals surface area contributed by atoms with E-state index in [0.717, 1.165) is 29.3 Å². The van der Waals surface area contributed by atoms with Crippen LogP contribution in [-0.4, -0.2) is 33.4 Å². The van der Waals surface area contributed by atoms with Crippen molar-refractivity contribution in [3.8, 4) is 0 Å². The lowest BCUT2D eigenvalue weighted by molar-refractivity contribution is -0.0884. The molecule has 0 fully saturated rings. The monoisotopic (exact) mass is 375 g/mol. The lowest BCUT2D eigenvalue weighted by atomic mass is 9.96. The minimum Gasteiger partial charge on any atom is -0.278 e. The summed E-state index contributed by atoms with van der Waals surface area (Å²) >= 11 is 0. The lowest BCUT2D eigenvalue weighted by Crippen LogP contribution is -2.42. The molecule has 0 aliphatic carbocycles. The first-order valence-corrected chi connectivity index (χ1v) is 8.88. The minimum atomic E-state index is -4.48. The SMILES string of the molecule is CCCC1N=C2C(C)=CC(C(F)(F)F)=C(c3cc(C)c4[nH]ncc4c3)N2N1. The molecular weight excluding hydrogens is 355 g/mol. The average Bonchev–Trinajstić information content (AvgIpc) is 3.21. The van der Waals surface area contributed by atoms with Crippen LogP contribution in [0.1, 0.15) is 37.8 Å². The molecule has 2 aromatic rings. The number of rotatable bonds is 3. The number of hydrogen-bond acceptors (Lipinski definition) is 4. The van der Waals surface area contributed by atoms with E-state index in [-0.39, 0.29) is 11.9 Å². The molecule has 5 nitrogen and oxygen atoms in total. The van der Waals surface area contributed by atoms with E-state index in [1.807, 2.05) is 13.8 Å². The Balaban J connectivity index is 1.93. The summed E-state index contributed by atoms with van der Waals surface area (Å²) in [5.41, 5.74) is 5.19. The molecule has 3 heterocycles. The maximum absolute atomic E-state index is 13.9. The second-order valence-corrected chi connectivity index (χ2v) is 6.94. The Hall–Kier alpha value is -2.61. The summed E-state index contributed by atoms with van der Waals surface area (Å²) in [7, 11) is 0. The molecule has 1 aromatic heterocycles. The van der Waals surface area contributed by atoms with Crippen LogP contribution < -0.4 is 5.43 Å². The molecule has 2 aliphatic heterocycles. The zero-order valence-electron chi connectivity index (χ0n) is 15.3. The number of aromatic amines is 1. The van der Waals surface area contributed by atoms with Crippen LogP contribution >= 0.6 is 0 Å². The predicted molar refractivity (Wildman–Crippen MR) is 98.7 cm³/mol. The maximum Gasteiger partial charge on any atom is 0.418 e. The topological polar surface area (TPSA) is 56.3 Å². The molecule has 8 heteroatoms. The van der Waals surface area contributed by atoms with E-state index in [4.69, 9.17) is 0 Å². The van der Waals surface area contributed by atoms with E-state index < -0.39 is 11.7 Å². The van der Waals surface area contributed by atoms with Crippen molar-refractivity contribution in [3.05, 3.63) is 46.7 Å². The van der Waals surface area contributed by atoms with Gasteiger partial charge in [0.05, 0.1) is 23.0 Å². The number of hydrazine groups is 1. The van der Waals surface area contributed by atoms with Gasteiger partial charge in [0.1, 0.15) is 12.0 Å². The van der Waals surface area contributed by atoms with Crippen LogP contribution in [0.2, 0.25) is 0 Å². The van der Waals surface area contributed by atoms with Crippen LogP contribution in [-0.2, 0) is 0 Å². The molecule has 27 heavy (non-hydrogen) atoms. The van der Waals surface area contributed by atoms with E-state index in [1.165, 1.54) is 11.1 Å². The number of benzene rings is 1. The van der Waals surface area contributed by atoms with Crippen molar-refractivity contribution >= 4 is 22.4 Å². The Bertz CT molecular complexity index is 996. The summed E-state index contributed by atoms with van der Waals surface area (Å²) in [4.78, 5) is 4.59. The molecule has 0 spiro atoms. The molecule has 0 saturated carbocycles. The van der Waals surface area contributed by atoms with Crippen LogP contribution in [0, 0.1) is 6.92 Å². The number of aliphatic imine (C=N–C) groups is 1. The van der Waals surface area contributed by atoms with Crippen molar-refractivity contribution in [3.63, 3.8) is 0 Å². The highest BCUT2D eigenvalue weighted by molar-refractivity contribution is 6.07. The Kier molecular flexibility index (Phi) is 4.10. The van der Waals surface area contributed by atoms with Crippen LogP contribution in [0.4, 0.5) is 13.2 Å². The van der Waals surface area contributed by atoms with Gasteiger partial charge in [0.2, 0.25) is 0 Å². The van der Waals surface area contributed by atoms with E-state index in [1.54, 1.807) is 25.3 Å². The number of fused-ring (bicyclic) bond motifs is 2.